The molecule has 1 fully saturated rings. The van der Waals surface area contributed by atoms with Crippen molar-refractivity contribution in [3.63, 3.8) is 0 Å². The number of piperazine rings is 1. The van der Waals surface area contributed by atoms with Crippen LogP contribution in [0.3, 0.4) is 0 Å². The zero-order valence-electron chi connectivity index (χ0n) is 16.8. The van der Waals surface area contributed by atoms with Gasteiger partial charge in [-0.05, 0) is 30.3 Å². The highest BCUT2D eigenvalue weighted by atomic mass is 16.5. The molecule has 7 nitrogen and oxygen atoms in total. The van der Waals surface area contributed by atoms with Crippen LogP contribution in [0, 0.1) is 0 Å². The van der Waals surface area contributed by atoms with E-state index >= 15 is 0 Å². The lowest BCUT2D eigenvalue weighted by molar-refractivity contribution is 0.0671. The van der Waals surface area contributed by atoms with Crippen LogP contribution >= 0.6 is 0 Å². The van der Waals surface area contributed by atoms with Gasteiger partial charge in [-0.25, -0.2) is 0 Å². The summed E-state index contributed by atoms with van der Waals surface area (Å²) in [7, 11) is 1.64. The lowest BCUT2D eigenvalue weighted by atomic mass is 10.0. The molecule has 2 aromatic carbocycles. The summed E-state index contributed by atoms with van der Waals surface area (Å²) in [6, 6.07) is 12.6. The number of fused-ring (bicyclic) bond motifs is 1. The van der Waals surface area contributed by atoms with E-state index < -0.39 is 0 Å². The first kappa shape index (κ1) is 19.7. The van der Waals surface area contributed by atoms with Gasteiger partial charge in [-0.1, -0.05) is 12.1 Å². The van der Waals surface area contributed by atoms with Gasteiger partial charge in [-0.2, -0.15) is 0 Å². The molecule has 2 aliphatic rings. The van der Waals surface area contributed by atoms with Crippen LogP contribution in [0.25, 0.3) is 0 Å². The fraction of sp³-hybridized carbons (Fsp3) is 0.261. The summed E-state index contributed by atoms with van der Waals surface area (Å²) >= 11 is 0. The molecule has 4 rings (SSSR count). The van der Waals surface area contributed by atoms with Gasteiger partial charge in [0.25, 0.3) is 17.7 Å². The molecule has 3 amide bonds. The number of carbonyl (C=O) groups excluding carboxylic acids is 3. The molecule has 0 saturated carbocycles. The lowest BCUT2D eigenvalue weighted by Crippen LogP contribution is -2.48. The Hall–Kier alpha value is -3.61. The quantitative estimate of drug-likeness (QED) is 0.565. The third-order valence-electron chi connectivity index (χ3n) is 5.51. The van der Waals surface area contributed by atoms with Crippen molar-refractivity contribution >= 4 is 23.4 Å². The van der Waals surface area contributed by atoms with E-state index in [9.17, 15) is 14.4 Å². The van der Waals surface area contributed by atoms with E-state index in [1.807, 2.05) is 24.3 Å². The second kappa shape index (κ2) is 8.02. The number of imide groups is 1. The van der Waals surface area contributed by atoms with E-state index in [0.29, 0.717) is 37.3 Å². The van der Waals surface area contributed by atoms with Gasteiger partial charge in [0.1, 0.15) is 5.75 Å². The normalized spacial score (nSPS) is 16.0. The Bertz CT molecular complexity index is 1020. The zero-order valence-corrected chi connectivity index (χ0v) is 16.8. The first-order valence-electron chi connectivity index (χ1n) is 9.83. The van der Waals surface area contributed by atoms with Crippen LogP contribution in [0.2, 0.25) is 0 Å². The average molecular weight is 405 g/mol. The molecule has 0 spiro atoms. The van der Waals surface area contributed by atoms with E-state index in [1.165, 1.54) is 12.1 Å². The van der Waals surface area contributed by atoms with Crippen LogP contribution in [0.5, 0.6) is 5.75 Å². The van der Waals surface area contributed by atoms with Crippen LogP contribution in [-0.2, 0) is 0 Å². The smallest absolute Gasteiger partial charge is 0.261 e. The van der Waals surface area contributed by atoms with Gasteiger partial charge in [0.2, 0.25) is 0 Å². The standard InChI is InChI=1S/C23H23N3O4/c1-3-9-26-22(28)19-8-7-16(14-20(19)23(26)29)21(27)25-12-10-24(11-13-25)17-5-4-6-18(15-17)30-2/h3-8,14-15H,1,9-13H2,2H3. The average Bonchev–Trinajstić information content (AvgIpc) is 3.03. The molecule has 2 aromatic rings. The number of ether oxygens (including phenoxy) is 1. The summed E-state index contributed by atoms with van der Waals surface area (Å²) < 4.78 is 5.29. The van der Waals surface area contributed by atoms with Gasteiger partial charge in [-0.3, -0.25) is 19.3 Å². The Morgan fingerprint density at radius 2 is 1.77 bits per heavy atom. The van der Waals surface area contributed by atoms with E-state index in [4.69, 9.17) is 4.74 Å². The van der Waals surface area contributed by atoms with Crippen molar-refractivity contribution in [1.29, 1.82) is 0 Å². The number of nitrogens with zero attached hydrogens (tertiary/aromatic N) is 3. The Morgan fingerprint density at radius 1 is 1.03 bits per heavy atom. The summed E-state index contributed by atoms with van der Waals surface area (Å²) in [6.45, 7) is 6.29. The topological polar surface area (TPSA) is 70.2 Å². The lowest BCUT2D eigenvalue weighted by Gasteiger charge is -2.36. The second-order valence-corrected chi connectivity index (χ2v) is 7.25. The molecule has 2 aliphatic heterocycles. The predicted octanol–water partition coefficient (Wildman–Crippen LogP) is 2.44. The van der Waals surface area contributed by atoms with E-state index in [2.05, 4.69) is 11.5 Å². The van der Waals surface area contributed by atoms with Crippen molar-refractivity contribution in [3.8, 4) is 5.75 Å². The SMILES string of the molecule is C=CCN1C(=O)c2ccc(C(=O)N3CCN(c4cccc(OC)c4)CC3)cc2C1=O. The van der Waals surface area contributed by atoms with Gasteiger partial charge in [-0.15, -0.1) is 6.58 Å². The minimum absolute atomic E-state index is 0.134. The molecule has 1 saturated heterocycles. The van der Waals surface area contributed by atoms with Crippen LogP contribution in [0.1, 0.15) is 31.1 Å². The van der Waals surface area contributed by atoms with Crippen LogP contribution in [0.15, 0.2) is 55.1 Å². The first-order valence-corrected chi connectivity index (χ1v) is 9.83. The largest absolute Gasteiger partial charge is 0.497 e. The molecule has 0 unspecified atom stereocenters. The minimum atomic E-state index is -0.382. The van der Waals surface area contributed by atoms with Gasteiger partial charge < -0.3 is 14.5 Å². The predicted molar refractivity (Wildman–Crippen MR) is 113 cm³/mol. The molecule has 0 aliphatic carbocycles. The summed E-state index contributed by atoms with van der Waals surface area (Å²) in [6.07, 6.45) is 1.51. The highest BCUT2D eigenvalue weighted by molar-refractivity contribution is 6.22. The highest BCUT2D eigenvalue weighted by Crippen LogP contribution is 2.26. The fourth-order valence-corrected chi connectivity index (χ4v) is 3.88. The molecule has 0 atom stereocenters. The fourth-order valence-electron chi connectivity index (χ4n) is 3.88. The van der Waals surface area contributed by atoms with Crippen molar-refractivity contribution in [2.45, 2.75) is 0 Å². The third-order valence-corrected chi connectivity index (χ3v) is 5.51. The highest BCUT2D eigenvalue weighted by Gasteiger charge is 2.35. The van der Waals surface area contributed by atoms with Gasteiger partial charge in [0, 0.05) is 50.0 Å². The van der Waals surface area contributed by atoms with Crippen LogP contribution in [0.4, 0.5) is 5.69 Å². The second-order valence-electron chi connectivity index (χ2n) is 7.25. The molecule has 0 aromatic heterocycles. The maximum Gasteiger partial charge on any atom is 0.261 e. The number of rotatable bonds is 5. The van der Waals surface area contributed by atoms with Crippen LogP contribution < -0.4 is 9.64 Å². The summed E-state index contributed by atoms with van der Waals surface area (Å²) in [5.74, 6) is -0.0624. The Morgan fingerprint density at radius 3 is 2.47 bits per heavy atom. The third kappa shape index (κ3) is 3.43. The number of benzene rings is 2. The molecule has 30 heavy (non-hydrogen) atoms. The maximum atomic E-state index is 13.0. The monoisotopic (exact) mass is 405 g/mol. The molecule has 0 radical (unpaired) electrons. The zero-order chi connectivity index (χ0) is 21.3. The van der Waals surface area contributed by atoms with Crippen molar-refractivity contribution in [2.75, 3.05) is 44.7 Å². The number of hydrogen-bond donors (Lipinski definition) is 0. The van der Waals surface area contributed by atoms with Crippen molar-refractivity contribution in [3.05, 3.63) is 71.8 Å². The number of anilines is 1. The van der Waals surface area contributed by atoms with Crippen molar-refractivity contribution in [2.24, 2.45) is 0 Å². The summed E-state index contributed by atoms with van der Waals surface area (Å²) in [4.78, 5) is 43.0. The number of hydrogen-bond acceptors (Lipinski definition) is 5. The molecule has 2 heterocycles. The molecular weight excluding hydrogens is 382 g/mol. The van der Waals surface area contributed by atoms with E-state index in [0.717, 1.165) is 16.3 Å². The first-order chi connectivity index (χ1) is 14.5. The molecule has 7 heteroatoms. The van der Waals surface area contributed by atoms with Crippen molar-refractivity contribution in [1.82, 2.24) is 9.80 Å². The van der Waals surface area contributed by atoms with E-state index in [1.54, 1.807) is 24.1 Å². The number of amides is 3. The number of methoxy groups -OCH3 is 1. The van der Waals surface area contributed by atoms with Gasteiger partial charge >= 0.3 is 0 Å². The van der Waals surface area contributed by atoms with E-state index in [-0.39, 0.29) is 29.8 Å². The molecule has 0 bridgehead atoms. The summed E-state index contributed by atoms with van der Waals surface area (Å²) in [5.41, 5.74) is 2.10. The Balaban J connectivity index is 1.46. The van der Waals surface area contributed by atoms with Gasteiger partial charge in [0.15, 0.2) is 0 Å². The van der Waals surface area contributed by atoms with Crippen molar-refractivity contribution < 1.29 is 19.1 Å². The van der Waals surface area contributed by atoms with Crippen LogP contribution in [-0.4, -0.2) is 67.4 Å². The molecular formula is C23H23N3O4. The Kier molecular flexibility index (Phi) is 5.27. The van der Waals surface area contributed by atoms with Gasteiger partial charge in [0.05, 0.1) is 18.2 Å². The summed E-state index contributed by atoms with van der Waals surface area (Å²) in [5, 5.41) is 0. The minimum Gasteiger partial charge on any atom is -0.497 e. The Labute approximate surface area is 175 Å². The molecule has 154 valence electrons. The number of carbonyl (C=O) groups is 3. The maximum absolute atomic E-state index is 13.0. The molecule has 0 N–H and O–H groups in total.